The van der Waals surface area contributed by atoms with E-state index in [0.717, 1.165) is 40.5 Å². The molecule has 0 saturated heterocycles. The molecule has 8 heteroatoms. The van der Waals surface area contributed by atoms with Gasteiger partial charge in [-0.25, -0.2) is 0 Å². The smallest absolute Gasteiger partial charge is 0.305 e. The topological polar surface area (TPSA) is 145 Å². The van der Waals surface area contributed by atoms with Crippen LogP contribution in [-0.4, -0.2) is 54.1 Å². The number of benzene rings is 2. The zero-order chi connectivity index (χ0) is 36.8. The molecule has 0 radical (unpaired) electrons. The van der Waals surface area contributed by atoms with Gasteiger partial charge in [0.15, 0.2) is 0 Å². The Hall–Kier alpha value is -3.10. The normalized spacial score (nSPS) is 11.3. The molecule has 0 fully saturated rings. The fourth-order valence-electron chi connectivity index (χ4n) is 4.66. The zero-order valence-corrected chi connectivity index (χ0v) is 32.6. The van der Waals surface area contributed by atoms with E-state index < -0.39 is 0 Å². The number of hydrogen-bond acceptors (Lipinski definition) is 7. The van der Waals surface area contributed by atoms with Crippen molar-refractivity contribution in [1.29, 1.82) is 0 Å². The molecular weight excluding hydrogens is 596 g/mol. The predicted octanol–water partition coefficient (Wildman–Crippen LogP) is 8.00. The van der Waals surface area contributed by atoms with E-state index in [1.807, 2.05) is 38.1 Å². The minimum Gasteiger partial charge on any atom is -0.507 e. The predicted molar refractivity (Wildman–Crippen MR) is 195 cm³/mol. The maximum Gasteiger partial charge on any atom is 0.305 e. The van der Waals surface area contributed by atoms with Gasteiger partial charge in [0, 0.05) is 20.0 Å². The Balaban J connectivity index is -0.000000730. The third-order valence-electron chi connectivity index (χ3n) is 7.26. The molecule has 0 aliphatic rings. The molecule has 0 unspecified atom stereocenters. The summed E-state index contributed by atoms with van der Waals surface area (Å²) in [6.45, 7) is 29.0. The minimum absolute atomic E-state index is 0. The van der Waals surface area contributed by atoms with Crippen molar-refractivity contribution in [2.24, 2.45) is 0 Å². The van der Waals surface area contributed by atoms with Crippen molar-refractivity contribution in [3.05, 3.63) is 57.6 Å². The van der Waals surface area contributed by atoms with Crippen LogP contribution in [-0.2, 0) is 53.6 Å². The van der Waals surface area contributed by atoms with Gasteiger partial charge in [0.05, 0.1) is 14.2 Å². The lowest BCUT2D eigenvalue weighted by molar-refractivity contribution is -0.141. The molecule has 0 aromatic heterocycles. The maximum atomic E-state index is 11.3. The number of aryl methyl sites for hydroxylation is 2. The lowest BCUT2D eigenvalue weighted by atomic mass is 9.78. The highest BCUT2D eigenvalue weighted by Crippen LogP contribution is 2.41. The van der Waals surface area contributed by atoms with Crippen molar-refractivity contribution in [2.75, 3.05) is 21.3 Å². The van der Waals surface area contributed by atoms with Crippen molar-refractivity contribution < 1.29 is 39.9 Å². The van der Waals surface area contributed by atoms with E-state index in [9.17, 15) is 19.8 Å². The van der Waals surface area contributed by atoms with Crippen LogP contribution in [0.25, 0.3) is 0 Å². The van der Waals surface area contributed by atoms with Crippen molar-refractivity contribution in [3.8, 4) is 11.5 Å². The molecule has 0 amide bonds. The molecule has 2 aromatic carbocycles. The second-order valence-corrected chi connectivity index (χ2v) is 15.2. The lowest BCUT2D eigenvalue weighted by Crippen LogP contribution is -2.18. The van der Waals surface area contributed by atoms with Gasteiger partial charge in [0.2, 0.25) is 0 Å². The van der Waals surface area contributed by atoms with E-state index in [-0.39, 0.29) is 39.1 Å². The van der Waals surface area contributed by atoms with Crippen LogP contribution in [0, 0.1) is 0 Å². The number of aliphatic hydroxyl groups is 1. The number of carbonyl (C=O) groups is 2. The van der Waals surface area contributed by atoms with Crippen LogP contribution >= 0.6 is 0 Å². The van der Waals surface area contributed by atoms with Gasteiger partial charge < -0.3 is 30.3 Å². The molecule has 0 spiro atoms. The molecule has 0 bridgehead atoms. The summed E-state index contributed by atoms with van der Waals surface area (Å²) >= 11 is 0. The van der Waals surface area contributed by atoms with Crippen LogP contribution in [0.15, 0.2) is 24.3 Å². The van der Waals surface area contributed by atoms with Crippen LogP contribution < -0.4 is 0 Å². The summed E-state index contributed by atoms with van der Waals surface area (Å²) in [6, 6.07) is 8.03. The zero-order valence-electron chi connectivity index (χ0n) is 32.6. The van der Waals surface area contributed by atoms with Crippen molar-refractivity contribution in [1.82, 2.24) is 0 Å². The summed E-state index contributed by atoms with van der Waals surface area (Å²) < 4.78 is 9.40. The highest BCUT2D eigenvalue weighted by molar-refractivity contribution is 5.70. The largest absolute Gasteiger partial charge is 0.507 e. The molecule has 0 saturated carbocycles. The van der Waals surface area contributed by atoms with Gasteiger partial charge in [-0.3, -0.25) is 9.59 Å². The number of phenolic OH excluding ortho intramolecular Hbond substituents is 2. The van der Waals surface area contributed by atoms with E-state index in [0.29, 0.717) is 37.2 Å². The fourth-order valence-corrected chi connectivity index (χ4v) is 4.66. The van der Waals surface area contributed by atoms with Gasteiger partial charge in [0.25, 0.3) is 0 Å². The molecule has 5 N–H and O–H groups in total. The van der Waals surface area contributed by atoms with Gasteiger partial charge in [-0.2, -0.15) is 0 Å². The summed E-state index contributed by atoms with van der Waals surface area (Å²) in [5.74, 6) is 0.323. The molecule has 0 heterocycles. The van der Waals surface area contributed by atoms with Crippen molar-refractivity contribution in [2.45, 2.75) is 144 Å². The monoisotopic (exact) mass is 664 g/mol. The first-order valence-electron chi connectivity index (χ1n) is 16.3. The molecule has 8 nitrogen and oxygen atoms in total. The third kappa shape index (κ3) is 16.0. The van der Waals surface area contributed by atoms with E-state index in [4.69, 9.17) is 14.6 Å². The highest BCUT2D eigenvalue weighted by atomic mass is 16.5. The molecule has 0 atom stereocenters. The Labute approximate surface area is 286 Å². The van der Waals surface area contributed by atoms with Crippen molar-refractivity contribution >= 4 is 11.9 Å². The molecule has 0 aliphatic heterocycles. The number of ether oxygens (including phenoxy) is 2. The van der Waals surface area contributed by atoms with Crippen LogP contribution in [0.3, 0.4) is 0 Å². The summed E-state index contributed by atoms with van der Waals surface area (Å²) in [7, 11) is 3.81. The molecule has 0 aliphatic carbocycles. The van der Waals surface area contributed by atoms with Gasteiger partial charge in [-0.05, 0) is 67.9 Å². The number of aliphatic hydroxyl groups excluding tert-OH is 1. The number of carbonyl (C=O) groups excluding carboxylic acids is 2. The van der Waals surface area contributed by atoms with Gasteiger partial charge in [-0.1, -0.05) is 121 Å². The van der Waals surface area contributed by atoms with E-state index in [2.05, 4.69) is 83.1 Å². The van der Waals surface area contributed by atoms with Crippen LogP contribution in [0.2, 0.25) is 0 Å². The van der Waals surface area contributed by atoms with Crippen LogP contribution in [0.5, 0.6) is 11.5 Å². The Morgan fingerprint density at radius 2 is 0.723 bits per heavy atom. The van der Waals surface area contributed by atoms with E-state index in [1.54, 1.807) is 0 Å². The lowest BCUT2D eigenvalue weighted by Gasteiger charge is -2.28. The summed E-state index contributed by atoms with van der Waals surface area (Å²) in [5.41, 5.74) is 5.24. The average molecular weight is 665 g/mol. The first-order valence-corrected chi connectivity index (χ1v) is 16.3. The van der Waals surface area contributed by atoms with Gasteiger partial charge in [0.1, 0.15) is 11.5 Å². The first kappa shape index (κ1) is 48.3. The molecule has 2 aromatic rings. The fraction of sp³-hybridized carbons (Fsp3) is 0.641. The third-order valence-corrected chi connectivity index (χ3v) is 7.26. The molecule has 2 rings (SSSR count). The van der Waals surface area contributed by atoms with E-state index >= 15 is 0 Å². The molecular formula is C39H68O8. The van der Waals surface area contributed by atoms with Gasteiger partial charge in [-0.15, -0.1) is 0 Å². The summed E-state index contributed by atoms with van der Waals surface area (Å²) in [6.07, 6.45) is 1.96. The second-order valence-electron chi connectivity index (χ2n) is 15.2. The summed E-state index contributed by atoms with van der Waals surface area (Å²) in [5, 5.41) is 28.2. The first-order chi connectivity index (χ1) is 20.9. The minimum atomic E-state index is -0.210. The maximum absolute atomic E-state index is 11.3. The van der Waals surface area contributed by atoms with Crippen LogP contribution in [0.1, 0.15) is 143 Å². The molecule has 47 heavy (non-hydrogen) atoms. The average Bonchev–Trinajstić information content (AvgIpc) is 2.95. The Morgan fingerprint density at radius 1 is 0.532 bits per heavy atom. The number of esters is 2. The number of phenols is 2. The molecule has 272 valence electrons. The Kier molecular flexibility index (Phi) is 20.9. The van der Waals surface area contributed by atoms with E-state index in [1.165, 1.54) is 14.2 Å². The SMILES string of the molecule is CC.CO.COC(=O)CCc1cc(C(C)(C)C)c(O)c(C(C)(C)C)c1.COC(=O)CCc1cc(C(C)(C)C)c(O)c(C(C)(C)C)c1.O. The summed E-state index contributed by atoms with van der Waals surface area (Å²) in [4.78, 5) is 22.7. The quantitative estimate of drug-likeness (QED) is 0.265. The highest BCUT2D eigenvalue weighted by Gasteiger charge is 2.28. The Bertz CT molecular complexity index is 1070. The number of aromatic hydroxyl groups is 2. The number of hydrogen-bond donors (Lipinski definition) is 3. The van der Waals surface area contributed by atoms with Crippen molar-refractivity contribution in [3.63, 3.8) is 0 Å². The standard InChI is InChI=1S/2C18H28O3.C2H6.CH4O.H2O/c2*1-17(2,3)13-10-12(8-9-15(19)21-7)11-14(16(13)20)18(4,5)6;2*1-2;/h2*10-11,20H,8-9H2,1-7H3;1-2H3;2H,1H3;1H2. The second kappa shape index (κ2) is 20.3. The van der Waals surface area contributed by atoms with Crippen LogP contribution in [0.4, 0.5) is 0 Å². The number of methoxy groups -OCH3 is 2. The van der Waals surface area contributed by atoms with Gasteiger partial charge >= 0.3 is 11.9 Å². The number of rotatable bonds is 6. The Morgan fingerprint density at radius 3 is 0.872 bits per heavy atom.